The Hall–Kier alpha value is -1.98. The second kappa shape index (κ2) is 5.98. The number of aromatic amines is 1. The molecule has 2 N–H and O–H groups in total. The van der Waals surface area contributed by atoms with Gasteiger partial charge in [-0.15, -0.1) is 11.3 Å². The highest BCUT2D eigenvalue weighted by atomic mass is 32.1. The number of hydrogen-bond donors (Lipinski definition) is 2. The van der Waals surface area contributed by atoms with Gasteiger partial charge >= 0.3 is 0 Å². The van der Waals surface area contributed by atoms with Gasteiger partial charge in [0.25, 0.3) is 0 Å². The summed E-state index contributed by atoms with van der Waals surface area (Å²) in [6.07, 6.45) is 5.49. The molecule has 3 heterocycles. The van der Waals surface area contributed by atoms with Crippen LogP contribution in [0.4, 0.5) is 0 Å². The summed E-state index contributed by atoms with van der Waals surface area (Å²) < 4.78 is 0. The van der Waals surface area contributed by atoms with Crippen LogP contribution in [-0.2, 0) is 13.1 Å². The third-order valence-corrected chi connectivity index (χ3v) is 4.26. The molecule has 0 bridgehead atoms. The Balaban J connectivity index is 1.67. The fourth-order valence-electron chi connectivity index (χ4n) is 2.10. The predicted octanol–water partition coefficient (Wildman–Crippen LogP) is 3.13. The maximum Gasteiger partial charge on any atom is 0.0710 e. The highest BCUT2D eigenvalue weighted by molar-refractivity contribution is 7.10. The molecule has 3 aromatic heterocycles. The normalized spacial score (nSPS) is 10.8. The minimum atomic E-state index is 0.790. The molecule has 5 heteroatoms. The average Bonchev–Trinajstić information content (AvgIpc) is 3.10. The lowest BCUT2D eigenvalue weighted by atomic mass is 10.1. The van der Waals surface area contributed by atoms with Gasteiger partial charge in [-0.05, 0) is 36.1 Å². The lowest BCUT2D eigenvalue weighted by molar-refractivity contribution is 0.700. The van der Waals surface area contributed by atoms with Crippen molar-refractivity contribution in [1.29, 1.82) is 0 Å². The van der Waals surface area contributed by atoms with Crippen molar-refractivity contribution >= 4 is 11.3 Å². The van der Waals surface area contributed by atoms with Crippen molar-refractivity contribution < 1.29 is 0 Å². The molecule has 0 unspecified atom stereocenters. The van der Waals surface area contributed by atoms with Crippen molar-refractivity contribution in [3.63, 3.8) is 0 Å². The Kier molecular flexibility index (Phi) is 3.90. The summed E-state index contributed by atoms with van der Waals surface area (Å²) in [7, 11) is 0. The molecule has 102 valence electrons. The van der Waals surface area contributed by atoms with E-state index in [-0.39, 0.29) is 0 Å². The first-order valence-corrected chi connectivity index (χ1v) is 7.39. The quantitative estimate of drug-likeness (QED) is 0.757. The standard InChI is InChI=1S/C15H16N4S/c1-11-4-6-20-14(11)10-17-8-13-9-18-19-15(13)12-3-2-5-16-7-12/h2-7,9,17H,8,10H2,1H3,(H,18,19). The second-order valence-electron chi connectivity index (χ2n) is 4.64. The molecule has 0 atom stereocenters. The van der Waals surface area contributed by atoms with E-state index in [1.807, 2.05) is 24.5 Å². The Morgan fingerprint density at radius 2 is 2.20 bits per heavy atom. The smallest absolute Gasteiger partial charge is 0.0710 e. The van der Waals surface area contributed by atoms with E-state index in [1.54, 1.807) is 17.5 Å². The molecule has 0 saturated heterocycles. The molecule has 20 heavy (non-hydrogen) atoms. The minimum Gasteiger partial charge on any atom is -0.308 e. The highest BCUT2D eigenvalue weighted by Crippen LogP contribution is 2.20. The van der Waals surface area contributed by atoms with Gasteiger partial charge in [0, 0.05) is 41.5 Å². The van der Waals surface area contributed by atoms with Gasteiger partial charge in [-0.2, -0.15) is 5.10 Å². The number of nitrogens with one attached hydrogen (secondary N) is 2. The van der Waals surface area contributed by atoms with E-state index >= 15 is 0 Å². The summed E-state index contributed by atoms with van der Waals surface area (Å²) in [5, 5.41) is 12.8. The predicted molar refractivity (Wildman–Crippen MR) is 81.4 cm³/mol. The largest absolute Gasteiger partial charge is 0.308 e. The first-order valence-electron chi connectivity index (χ1n) is 6.51. The molecule has 0 radical (unpaired) electrons. The van der Waals surface area contributed by atoms with Crippen molar-refractivity contribution in [3.8, 4) is 11.3 Å². The zero-order chi connectivity index (χ0) is 13.8. The van der Waals surface area contributed by atoms with E-state index in [2.05, 4.69) is 38.9 Å². The van der Waals surface area contributed by atoms with Gasteiger partial charge in [0.05, 0.1) is 11.9 Å². The molecule has 4 nitrogen and oxygen atoms in total. The first-order chi connectivity index (χ1) is 9.84. The number of H-pyrrole nitrogens is 1. The van der Waals surface area contributed by atoms with Gasteiger partial charge in [0.15, 0.2) is 0 Å². The van der Waals surface area contributed by atoms with Crippen molar-refractivity contribution in [2.24, 2.45) is 0 Å². The monoisotopic (exact) mass is 284 g/mol. The van der Waals surface area contributed by atoms with Gasteiger partial charge in [-0.1, -0.05) is 0 Å². The Bertz CT molecular complexity index is 672. The Labute approximate surface area is 121 Å². The van der Waals surface area contributed by atoms with E-state index in [0.29, 0.717) is 0 Å². The lowest BCUT2D eigenvalue weighted by Crippen LogP contribution is -2.12. The van der Waals surface area contributed by atoms with Gasteiger partial charge < -0.3 is 5.32 Å². The fourth-order valence-corrected chi connectivity index (χ4v) is 2.98. The molecule has 3 aromatic rings. The maximum atomic E-state index is 4.15. The number of aromatic nitrogens is 3. The summed E-state index contributed by atoms with van der Waals surface area (Å²) in [4.78, 5) is 5.53. The minimum absolute atomic E-state index is 0.790. The molecular formula is C15H16N4S. The van der Waals surface area contributed by atoms with E-state index in [1.165, 1.54) is 10.4 Å². The molecule has 0 spiro atoms. The van der Waals surface area contributed by atoms with Crippen molar-refractivity contribution in [1.82, 2.24) is 20.5 Å². The van der Waals surface area contributed by atoms with Crippen molar-refractivity contribution in [2.75, 3.05) is 0 Å². The van der Waals surface area contributed by atoms with Crippen LogP contribution in [0.5, 0.6) is 0 Å². The molecule has 3 rings (SSSR count). The fraction of sp³-hybridized carbons (Fsp3) is 0.200. The van der Waals surface area contributed by atoms with Crippen LogP contribution in [-0.4, -0.2) is 15.2 Å². The lowest BCUT2D eigenvalue weighted by Gasteiger charge is -2.05. The third-order valence-electron chi connectivity index (χ3n) is 3.24. The average molecular weight is 284 g/mol. The highest BCUT2D eigenvalue weighted by Gasteiger charge is 2.07. The number of rotatable bonds is 5. The molecule has 0 aromatic carbocycles. The molecule has 0 aliphatic carbocycles. The second-order valence-corrected chi connectivity index (χ2v) is 5.64. The van der Waals surface area contributed by atoms with E-state index in [0.717, 1.165) is 29.9 Å². The van der Waals surface area contributed by atoms with Gasteiger partial charge in [0.2, 0.25) is 0 Å². The molecule has 0 aliphatic rings. The Morgan fingerprint density at radius 3 is 2.95 bits per heavy atom. The van der Waals surface area contributed by atoms with Crippen LogP contribution in [0.25, 0.3) is 11.3 Å². The molecule has 0 amide bonds. The Morgan fingerprint density at radius 1 is 1.25 bits per heavy atom. The molecule has 0 saturated carbocycles. The summed E-state index contributed by atoms with van der Waals surface area (Å²) in [5.74, 6) is 0. The number of nitrogens with zero attached hydrogens (tertiary/aromatic N) is 2. The van der Waals surface area contributed by atoms with Crippen LogP contribution in [0.3, 0.4) is 0 Å². The van der Waals surface area contributed by atoms with Gasteiger partial charge in [0.1, 0.15) is 0 Å². The first kappa shape index (κ1) is 13.0. The van der Waals surface area contributed by atoms with Crippen molar-refractivity contribution in [3.05, 3.63) is 58.2 Å². The number of aryl methyl sites for hydroxylation is 1. The maximum absolute atomic E-state index is 4.15. The zero-order valence-corrected chi connectivity index (χ0v) is 12.1. The molecule has 0 fully saturated rings. The van der Waals surface area contributed by atoms with Crippen LogP contribution in [0.2, 0.25) is 0 Å². The molecule has 0 aliphatic heterocycles. The summed E-state index contributed by atoms with van der Waals surface area (Å²) in [6, 6.07) is 6.12. The summed E-state index contributed by atoms with van der Waals surface area (Å²) in [6.45, 7) is 3.83. The van der Waals surface area contributed by atoms with E-state index in [4.69, 9.17) is 0 Å². The summed E-state index contributed by atoms with van der Waals surface area (Å²) in [5.41, 5.74) is 4.61. The number of hydrogen-bond acceptors (Lipinski definition) is 4. The van der Waals surface area contributed by atoms with Crippen molar-refractivity contribution in [2.45, 2.75) is 20.0 Å². The SMILES string of the molecule is Cc1ccsc1CNCc1cn[nH]c1-c1cccnc1. The third kappa shape index (κ3) is 2.79. The van der Waals surface area contributed by atoms with Crippen LogP contribution in [0, 0.1) is 6.92 Å². The van der Waals surface area contributed by atoms with Crippen LogP contribution < -0.4 is 5.32 Å². The van der Waals surface area contributed by atoms with Gasteiger partial charge in [-0.3, -0.25) is 10.1 Å². The van der Waals surface area contributed by atoms with Gasteiger partial charge in [-0.25, -0.2) is 0 Å². The number of pyridine rings is 1. The summed E-state index contributed by atoms with van der Waals surface area (Å²) >= 11 is 1.79. The zero-order valence-electron chi connectivity index (χ0n) is 11.3. The topological polar surface area (TPSA) is 53.6 Å². The molecular weight excluding hydrogens is 268 g/mol. The van der Waals surface area contributed by atoms with E-state index in [9.17, 15) is 0 Å². The van der Waals surface area contributed by atoms with E-state index < -0.39 is 0 Å². The van der Waals surface area contributed by atoms with Crippen LogP contribution in [0.1, 0.15) is 16.0 Å². The number of thiophene rings is 1. The van der Waals surface area contributed by atoms with Crippen LogP contribution >= 0.6 is 11.3 Å². The van der Waals surface area contributed by atoms with Crippen LogP contribution in [0.15, 0.2) is 42.2 Å².